The van der Waals surface area contributed by atoms with E-state index in [2.05, 4.69) is 11.7 Å². The minimum absolute atomic E-state index is 0.0697. The first-order chi connectivity index (χ1) is 5.22. The number of unbranched alkanes of at least 4 members (excludes halogenated alkanes) is 1. The summed E-state index contributed by atoms with van der Waals surface area (Å²) >= 11 is 0. The number of hydrazine groups is 1. The third-order valence-electron chi connectivity index (χ3n) is 1.34. The van der Waals surface area contributed by atoms with Gasteiger partial charge in [0.05, 0.1) is 0 Å². The van der Waals surface area contributed by atoms with Gasteiger partial charge < -0.3 is 4.74 Å². The van der Waals surface area contributed by atoms with E-state index in [1.807, 2.05) is 0 Å². The summed E-state index contributed by atoms with van der Waals surface area (Å²) in [6, 6.07) is 0. The molecule has 0 aromatic heterocycles. The van der Waals surface area contributed by atoms with Crippen molar-refractivity contribution in [1.29, 1.82) is 0 Å². The molecule has 0 fully saturated rings. The average Bonchev–Trinajstić information content (AvgIpc) is 2.00. The SMILES string of the molecule is CCCCN(N)C(=O)COC. The van der Waals surface area contributed by atoms with Gasteiger partial charge in [-0.3, -0.25) is 9.80 Å². The highest BCUT2D eigenvalue weighted by Crippen LogP contribution is 1.89. The zero-order valence-electron chi connectivity index (χ0n) is 7.17. The summed E-state index contributed by atoms with van der Waals surface area (Å²) < 4.78 is 4.63. The molecule has 66 valence electrons. The number of nitrogens with two attached hydrogens (primary N) is 1. The lowest BCUT2D eigenvalue weighted by Crippen LogP contribution is -2.40. The number of hydrogen-bond acceptors (Lipinski definition) is 3. The monoisotopic (exact) mass is 160 g/mol. The molecular formula is C7H16N2O2. The second-order valence-corrected chi connectivity index (χ2v) is 2.37. The maximum Gasteiger partial charge on any atom is 0.262 e. The summed E-state index contributed by atoms with van der Waals surface area (Å²) in [5, 5.41) is 1.20. The molecule has 0 saturated carbocycles. The average molecular weight is 160 g/mol. The highest BCUT2D eigenvalue weighted by Gasteiger charge is 2.06. The molecule has 0 bridgehead atoms. The number of carbonyl (C=O) groups excluding carboxylic acids is 1. The first kappa shape index (κ1) is 10.4. The van der Waals surface area contributed by atoms with E-state index in [4.69, 9.17) is 5.84 Å². The molecule has 0 aliphatic rings. The van der Waals surface area contributed by atoms with Crippen LogP contribution in [0.4, 0.5) is 0 Å². The summed E-state index contributed by atoms with van der Waals surface area (Å²) in [4.78, 5) is 10.9. The lowest BCUT2D eigenvalue weighted by Gasteiger charge is -2.14. The fourth-order valence-corrected chi connectivity index (χ4v) is 0.660. The summed E-state index contributed by atoms with van der Waals surface area (Å²) in [7, 11) is 1.48. The van der Waals surface area contributed by atoms with Gasteiger partial charge in [0.2, 0.25) is 0 Å². The Morgan fingerprint density at radius 1 is 1.64 bits per heavy atom. The summed E-state index contributed by atoms with van der Waals surface area (Å²) in [6.07, 6.45) is 1.97. The van der Waals surface area contributed by atoms with Crippen molar-refractivity contribution in [3.8, 4) is 0 Å². The van der Waals surface area contributed by atoms with E-state index in [9.17, 15) is 4.79 Å². The van der Waals surface area contributed by atoms with Crippen molar-refractivity contribution in [2.45, 2.75) is 19.8 Å². The maximum absolute atomic E-state index is 10.9. The Kier molecular flexibility index (Phi) is 5.78. The highest BCUT2D eigenvalue weighted by molar-refractivity contribution is 5.76. The molecular weight excluding hydrogens is 144 g/mol. The predicted octanol–water partition coefficient (Wildman–Crippen LogP) is 0.135. The summed E-state index contributed by atoms with van der Waals surface area (Å²) in [6.45, 7) is 2.73. The number of ether oxygens (including phenoxy) is 1. The Bertz CT molecular complexity index is 117. The zero-order valence-corrected chi connectivity index (χ0v) is 7.17. The van der Waals surface area contributed by atoms with Gasteiger partial charge in [0.15, 0.2) is 0 Å². The molecule has 0 saturated heterocycles. The van der Waals surface area contributed by atoms with Crippen LogP contribution in [0.2, 0.25) is 0 Å². The smallest absolute Gasteiger partial charge is 0.262 e. The van der Waals surface area contributed by atoms with Crippen LogP contribution >= 0.6 is 0 Å². The Morgan fingerprint density at radius 2 is 2.27 bits per heavy atom. The second kappa shape index (κ2) is 6.12. The molecule has 4 heteroatoms. The quantitative estimate of drug-likeness (QED) is 0.353. The van der Waals surface area contributed by atoms with Gasteiger partial charge >= 0.3 is 0 Å². The van der Waals surface area contributed by atoms with Gasteiger partial charge in [-0.1, -0.05) is 13.3 Å². The number of hydrogen-bond donors (Lipinski definition) is 1. The van der Waals surface area contributed by atoms with Crippen molar-refractivity contribution < 1.29 is 9.53 Å². The van der Waals surface area contributed by atoms with Crippen LogP contribution in [-0.4, -0.2) is 31.2 Å². The van der Waals surface area contributed by atoms with Crippen LogP contribution in [0.5, 0.6) is 0 Å². The number of carbonyl (C=O) groups is 1. The van der Waals surface area contributed by atoms with Crippen molar-refractivity contribution in [3.63, 3.8) is 0 Å². The minimum Gasteiger partial charge on any atom is -0.375 e. The van der Waals surface area contributed by atoms with Crippen molar-refractivity contribution in [3.05, 3.63) is 0 Å². The standard InChI is InChI=1S/C7H16N2O2/c1-3-4-5-9(8)7(10)6-11-2/h3-6,8H2,1-2H3. The summed E-state index contributed by atoms with van der Waals surface area (Å²) in [5.41, 5.74) is 0. The molecule has 0 aliphatic heterocycles. The molecule has 0 aliphatic carbocycles. The topological polar surface area (TPSA) is 55.6 Å². The van der Waals surface area contributed by atoms with Gasteiger partial charge in [0.1, 0.15) is 6.61 Å². The molecule has 0 rings (SSSR count). The molecule has 4 nitrogen and oxygen atoms in total. The first-order valence-electron chi connectivity index (χ1n) is 3.76. The van der Waals surface area contributed by atoms with E-state index in [0.717, 1.165) is 12.8 Å². The van der Waals surface area contributed by atoms with Crippen molar-refractivity contribution in [2.24, 2.45) is 5.84 Å². The lowest BCUT2D eigenvalue weighted by molar-refractivity contribution is -0.135. The Labute approximate surface area is 67.3 Å². The van der Waals surface area contributed by atoms with Gasteiger partial charge in [0, 0.05) is 13.7 Å². The molecule has 11 heavy (non-hydrogen) atoms. The van der Waals surface area contributed by atoms with Gasteiger partial charge in [-0.15, -0.1) is 0 Å². The number of rotatable bonds is 5. The molecule has 1 amide bonds. The van der Waals surface area contributed by atoms with Gasteiger partial charge in [-0.25, -0.2) is 5.84 Å². The van der Waals surface area contributed by atoms with E-state index in [1.165, 1.54) is 12.1 Å². The third-order valence-corrected chi connectivity index (χ3v) is 1.34. The minimum atomic E-state index is -0.166. The number of nitrogens with zero attached hydrogens (tertiary/aromatic N) is 1. The molecule has 0 radical (unpaired) electrons. The van der Waals surface area contributed by atoms with Crippen LogP contribution in [0, 0.1) is 0 Å². The molecule has 2 N–H and O–H groups in total. The molecule has 0 aromatic rings. The van der Waals surface area contributed by atoms with Gasteiger partial charge in [0.25, 0.3) is 5.91 Å². The van der Waals surface area contributed by atoms with Gasteiger partial charge in [-0.05, 0) is 6.42 Å². The highest BCUT2D eigenvalue weighted by atomic mass is 16.5. The van der Waals surface area contributed by atoms with Crippen LogP contribution in [0.25, 0.3) is 0 Å². The Balaban J connectivity index is 3.46. The fraction of sp³-hybridized carbons (Fsp3) is 0.857. The summed E-state index contributed by atoms with van der Waals surface area (Å²) in [5.74, 6) is 5.23. The maximum atomic E-state index is 10.9. The van der Waals surface area contributed by atoms with Crippen LogP contribution in [0.3, 0.4) is 0 Å². The van der Waals surface area contributed by atoms with Crippen LogP contribution in [0.1, 0.15) is 19.8 Å². The lowest BCUT2D eigenvalue weighted by atomic mass is 10.3. The number of methoxy groups -OCH3 is 1. The first-order valence-corrected chi connectivity index (χ1v) is 3.76. The van der Waals surface area contributed by atoms with E-state index in [0.29, 0.717) is 6.54 Å². The molecule has 0 spiro atoms. The van der Waals surface area contributed by atoms with Crippen LogP contribution in [0.15, 0.2) is 0 Å². The Hall–Kier alpha value is -0.610. The molecule has 0 unspecified atom stereocenters. The van der Waals surface area contributed by atoms with E-state index >= 15 is 0 Å². The van der Waals surface area contributed by atoms with E-state index in [1.54, 1.807) is 0 Å². The fourth-order valence-electron chi connectivity index (χ4n) is 0.660. The van der Waals surface area contributed by atoms with Gasteiger partial charge in [-0.2, -0.15) is 0 Å². The largest absolute Gasteiger partial charge is 0.375 e. The zero-order chi connectivity index (χ0) is 8.69. The second-order valence-electron chi connectivity index (χ2n) is 2.37. The van der Waals surface area contributed by atoms with Crippen molar-refractivity contribution in [2.75, 3.05) is 20.3 Å². The Morgan fingerprint density at radius 3 is 2.73 bits per heavy atom. The van der Waals surface area contributed by atoms with Crippen LogP contribution < -0.4 is 5.84 Å². The molecule has 0 heterocycles. The van der Waals surface area contributed by atoms with Crippen molar-refractivity contribution in [1.82, 2.24) is 5.01 Å². The normalized spacial score (nSPS) is 9.73. The number of amides is 1. The van der Waals surface area contributed by atoms with E-state index in [-0.39, 0.29) is 12.5 Å². The van der Waals surface area contributed by atoms with E-state index < -0.39 is 0 Å². The molecule has 0 aromatic carbocycles. The van der Waals surface area contributed by atoms with Crippen LogP contribution in [-0.2, 0) is 9.53 Å². The third kappa shape index (κ3) is 4.75. The van der Waals surface area contributed by atoms with Crippen molar-refractivity contribution >= 4 is 5.91 Å². The molecule has 0 atom stereocenters. The predicted molar refractivity (Wildman–Crippen MR) is 42.7 cm³/mol.